The first kappa shape index (κ1) is 16.3. The molecule has 2 rings (SSSR count). The molecule has 0 aromatic carbocycles. The monoisotopic (exact) mass is 333 g/mol. The summed E-state index contributed by atoms with van der Waals surface area (Å²) >= 11 is 0.493. The molecule has 0 saturated carbocycles. The molecule has 2 heterocycles. The van der Waals surface area contributed by atoms with Gasteiger partial charge in [0.15, 0.2) is 5.13 Å². The largest absolute Gasteiger partial charge is 0.427 e. The van der Waals surface area contributed by atoms with Crippen molar-refractivity contribution in [2.75, 3.05) is 31.5 Å². The van der Waals surface area contributed by atoms with Gasteiger partial charge in [0.2, 0.25) is 0 Å². The second-order valence-corrected chi connectivity index (χ2v) is 5.94. The predicted molar refractivity (Wildman–Crippen MR) is 66.2 cm³/mol. The van der Waals surface area contributed by atoms with Gasteiger partial charge in [-0.2, -0.15) is 26.3 Å². The van der Waals surface area contributed by atoms with Crippen LogP contribution in [0.25, 0.3) is 0 Å². The zero-order valence-corrected chi connectivity index (χ0v) is 11.6. The Labute approximate surface area is 121 Å². The van der Waals surface area contributed by atoms with E-state index >= 15 is 0 Å². The number of likely N-dealkylation sites (tertiary alicyclic amines) is 1. The Morgan fingerprint density at radius 3 is 2.57 bits per heavy atom. The van der Waals surface area contributed by atoms with Crippen molar-refractivity contribution in [2.24, 2.45) is 5.92 Å². The lowest BCUT2D eigenvalue weighted by Gasteiger charge is -2.17. The number of anilines is 1. The van der Waals surface area contributed by atoms with Crippen molar-refractivity contribution in [3.8, 4) is 0 Å². The molecule has 1 atom stereocenters. The summed E-state index contributed by atoms with van der Waals surface area (Å²) in [6.45, 7) is -0.000316. The minimum absolute atomic E-state index is 0.0226. The molecule has 1 aromatic heterocycles. The second kappa shape index (κ2) is 5.99. The van der Waals surface area contributed by atoms with Gasteiger partial charge in [-0.15, -0.1) is 0 Å². The second-order valence-electron chi connectivity index (χ2n) is 4.91. The average Bonchev–Trinajstić information content (AvgIpc) is 2.91. The van der Waals surface area contributed by atoms with Crippen molar-refractivity contribution in [1.82, 2.24) is 9.88 Å². The Hall–Kier alpha value is -1.03. The molecule has 1 aliphatic heterocycles. The Morgan fingerprint density at radius 2 is 2.00 bits per heavy atom. The Balaban J connectivity index is 1.78. The van der Waals surface area contributed by atoms with Gasteiger partial charge in [0, 0.05) is 13.1 Å². The van der Waals surface area contributed by atoms with E-state index in [1.165, 1.54) is 4.90 Å². The van der Waals surface area contributed by atoms with E-state index in [4.69, 9.17) is 0 Å². The van der Waals surface area contributed by atoms with E-state index in [0.717, 1.165) is 6.20 Å². The fourth-order valence-electron chi connectivity index (χ4n) is 2.20. The van der Waals surface area contributed by atoms with E-state index in [2.05, 4.69) is 10.3 Å². The van der Waals surface area contributed by atoms with E-state index < -0.39 is 23.8 Å². The lowest BCUT2D eigenvalue weighted by molar-refractivity contribution is -0.143. The molecule has 1 fully saturated rings. The van der Waals surface area contributed by atoms with Crippen molar-refractivity contribution in [2.45, 2.75) is 18.8 Å². The highest BCUT2D eigenvalue weighted by atomic mass is 32.1. The number of aromatic nitrogens is 1. The zero-order chi connectivity index (χ0) is 15.7. The number of nitrogens with zero attached hydrogens (tertiary/aromatic N) is 2. The summed E-state index contributed by atoms with van der Waals surface area (Å²) in [6.07, 6.45) is -7.31. The minimum atomic E-state index is -4.42. The minimum Gasteiger partial charge on any atom is -0.361 e. The number of hydrogen-bond acceptors (Lipinski definition) is 4. The quantitative estimate of drug-likeness (QED) is 0.856. The van der Waals surface area contributed by atoms with Crippen LogP contribution >= 0.6 is 11.3 Å². The number of halogens is 6. The SMILES string of the molecule is FC(F)(F)CN1CCC(CNc2ncc(C(F)(F)F)s2)C1. The molecule has 1 N–H and O–H groups in total. The number of rotatable bonds is 4. The molecule has 1 saturated heterocycles. The molecule has 1 aromatic rings. The molecule has 0 bridgehead atoms. The molecular formula is C11H13F6N3S. The molecule has 21 heavy (non-hydrogen) atoms. The van der Waals surface area contributed by atoms with E-state index in [1.807, 2.05) is 0 Å². The van der Waals surface area contributed by atoms with Crippen molar-refractivity contribution >= 4 is 16.5 Å². The maximum Gasteiger partial charge on any atom is 0.427 e. The normalized spacial score (nSPS) is 21.0. The standard InChI is InChI=1S/C11H13F6N3S/c12-10(13,14)6-20-2-1-7(5-20)3-18-9-19-4-8(21-9)11(15,16)17/h4,7H,1-3,5-6H2,(H,18,19). The van der Waals surface area contributed by atoms with Crippen LogP contribution in [0, 0.1) is 5.92 Å². The van der Waals surface area contributed by atoms with E-state index in [9.17, 15) is 26.3 Å². The number of thiazole rings is 1. The zero-order valence-electron chi connectivity index (χ0n) is 10.8. The van der Waals surface area contributed by atoms with Crippen LogP contribution in [-0.2, 0) is 6.18 Å². The molecule has 120 valence electrons. The van der Waals surface area contributed by atoms with Crippen molar-refractivity contribution in [3.63, 3.8) is 0 Å². The van der Waals surface area contributed by atoms with Gasteiger partial charge in [-0.05, 0) is 18.9 Å². The van der Waals surface area contributed by atoms with E-state index in [0.29, 0.717) is 30.8 Å². The highest BCUT2D eigenvalue weighted by Gasteiger charge is 2.35. The van der Waals surface area contributed by atoms with E-state index in [1.54, 1.807) is 0 Å². The summed E-state index contributed by atoms with van der Waals surface area (Å²) in [7, 11) is 0. The van der Waals surface area contributed by atoms with Gasteiger partial charge in [-0.3, -0.25) is 4.90 Å². The first-order valence-electron chi connectivity index (χ1n) is 6.19. The summed E-state index contributed by atoms with van der Waals surface area (Å²) in [5.41, 5.74) is 0. The molecule has 10 heteroatoms. The molecule has 3 nitrogen and oxygen atoms in total. The van der Waals surface area contributed by atoms with Gasteiger partial charge in [0.1, 0.15) is 4.88 Å². The van der Waals surface area contributed by atoms with Crippen LogP contribution in [0.4, 0.5) is 31.5 Å². The van der Waals surface area contributed by atoms with Crippen molar-refractivity contribution in [3.05, 3.63) is 11.1 Å². The molecule has 0 spiro atoms. The summed E-state index contributed by atoms with van der Waals surface area (Å²) < 4.78 is 73.8. The fourth-order valence-corrected chi connectivity index (χ4v) is 2.89. The first-order valence-corrected chi connectivity index (χ1v) is 7.01. The molecule has 1 aliphatic rings. The first-order chi connectivity index (χ1) is 9.63. The number of hydrogen-bond donors (Lipinski definition) is 1. The van der Waals surface area contributed by atoms with Gasteiger partial charge in [0.25, 0.3) is 0 Å². The van der Waals surface area contributed by atoms with Gasteiger partial charge in [-0.25, -0.2) is 4.98 Å². The lowest BCUT2D eigenvalue weighted by Crippen LogP contribution is -2.33. The third-order valence-corrected chi connectivity index (χ3v) is 4.10. The Bertz CT molecular complexity index is 469. The highest BCUT2D eigenvalue weighted by Crippen LogP contribution is 2.35. The van der Waals surface area contributed by atoms with Gasteiger partial charge in [-0.1, -0.05) is 11.3 Å². The van der Waals surface area contributed by atoms with Crippen molar-refractivity contribution < 1.29 is 26.3 Å². The third kappa shape index (κ3) is 5.03. The summed E-state index contributed by atoms with van der Waals surface area (Å²) in [6, 6.07) is 0. The van der Waals surface area contributed by atoms with Crippen LogP contribution in [0.2, 0.25) is 0 Å². The maximum absolute atomic E-state index is 12.4. The Morgan fingerprint density at radius 1 is 1.29 bits per heavy atom. The van der Waals surface area contributed by atoms with E-state index in [-0.39, 0.29) is 17.6 Å². The molecule has 0 radical (unpaired) electrons. The highest BCUT2D eigenvalue weighted by molar-refractivity contribution is 7.15. The fraction of sp³-hybridized carbons (Fsp3) is 0.727. The van der Waals surface area contributed by atoms with Crippen LogP contribution in [0.1, 0.15) is 11.3 Å². The molecular weight excluding hydrogens is 320 g/mol. The number of nitrogens with one attached hydrogen (secondary N) is 1. The smallest absolute Gasteiger partial charge is 0.361 e. The van der Waals surface area contributed by atoms with Crippen molar-refractivity contribution in [1.29, 1.82) is 0 Å². The summed E-state index contributed by atoms with van der Waals surface area (Å²) in [4.78, 5) is 4.12. The summed E-state index contributed by atoms with van der Waals surface area (Å²) in [5, 5.41) is 2.90. The molecule has 1 unspecified atom stereocenters. The van der Waals surface area contributed by atoms with Crippen LogP contribution in [-0.4, -0.2) is 42.2 Å². The lowest BCUT2D eigenvalue weighted by atomic mass is 10.1. The third-order valence-electron chi connectivity index (χ3n) is 3.10. The Kier molecular flexibility index (Phi) is 4.66. The number of alkyl halides is 6. The van der Waals surface area contributed by atoms with Gasteiger partial charge in [0.05, 0.1) is 12.7 Å². The topological polar surface area (TPSA) is 28.2 Å². The average molecular weight is 333 g/mol. The van der Waals surface area contributed by atoms with Crippen LogP contribution < -0.4 is 5.32 Å². The van der Waals surface area contributed by atoms with Crippen LogP contribution in [0.3, 0.4) is 0 Å². The van der Waals surface area contributed by atoms with Crippen LogP contribution in [0.15, 0.2) is 6.20 Å². The van der Waals surface area contributed by atoms with Gasteiger partial charge >= 0.3 is 12.4 Å². The predicted octanol–water partition coefficient (Wildman–Crippen LogP) is 3.46. The molecule has 0 amide bonds. The van der Waals surface area contributed by atoms with Gasteiger partial charge < -0.3 is 5.32 Å². The van der Waals surface area contributed by atoms with Crippen LogP contribution in [0.5, 0.6) is 0 Å². The molecule has 0 aliphatic carbocycles. The summed E-state index contributed by atoms with van der Waals surface area (Å²) in [5.74, 6) is -0.0226. The maximum atomic E-state index is 12.4.